The number of anilines is 1. The first-order valence-corrected chi connectivity index (χ1v) is 7.15. The molecular formula is C14H9BrCl2FNO. The van der Waals surface area contributed by atoms with Crippen LogP contribution >= 0.6 is 39.1 Å². The Morgan fingerprint density at radius 2 is 1.75 bits per heavy atom. The largest absolute Gasteiger partial charge is 0.322 e. The van der Waals surface area contributed by atoms with Crippen LogP contribution in [-0.4, -0.2) is 5.91 Å². The van der Waals surface area contributed by atoms with E-state index >= 15 is 0 Å². The molecule has 0 atom stereocenters. The Labute approximate surface area is 134 Å². The van der Waals surface area contributed by atoms with Crippen LogP contribution in [-0.2, 0) is 0 Å². The molecule has 0 aliphatic carbocycles. The first-order valence-electron chi connectivity index (χ1n) is 5.60. The van der Waals surface area contributed by atoms with E-state index < -0.39 is 11.7 Å². The molecule has 0 heterocycles. The van der Waals surface area contributed by atoms with Crippen LogP contribution in [0.25, 0.3) is 0 Å². The lowest BCUT2D eigenvalue weighted by atomic mass is 10.1. The van der Waals surface area contributed by atoms with Crippen molar-refractivity contribution < 1.29 is 9.18 Å². The number of nitrogens with one attached hydrogen (secondary N) is 1. The fourth-order valence-electron chi connectivity index (χ4n) is 1.66. The molecule has 2 aromatic carbocycles. The van der Waals surface area contributed by atoms with Gasteiger partial charge in [0.25, 0.3) is 5.91 Å². The number of rotatable bonds is 2. The number of aryl methyl sites for hydroxylation is 1. The summed E-state index contributed by atoms with van der Waals surface area (Å²) in [7, 11) is 0. The van der Waals surface area contributed by atoms with Crippen molar-refractivity contribution in [3.8, 4) is 0 Å². The van der Waals surface area contributed by atoms with Crippen molar-refractivity contribution >= 4 is 50.7 Å². The maximum Gasteiger partial charge on any atom is 0.255 e. The number of carbonyl (C=O) groups excluding carboxylic acids is 1. The van der Waals surface area contributed by atoms with Gasteiger partial charge in [0.15, 0.2) is 0 Å². The monoisotopic (exact) mass is 375 g/mol. The third kappa shape index (κ3) is 3.51. The third-order valence-corrected chi connectivity index (χ3v) is 3.68. The maximum absolute atomic E-state index is 13.5. The van der Waals surface area contributed by atoms with Gasteiger partial charge in [-0.25, -0.2) is 4.39 Å². The van der Waals surface area contributed by atoms with Crippen LogP contribution in [0, 0.1) is 12.7 Å². The summed E-state index contributed by atoms with van der Waals surface area (Å²) in [6, 6.07) is 7.37. The molecule has 2 aromatic rings. The van der Waals surface area contributed by atoms with Gasteiger partial charge in [-0.15, -0.1) is 0 Å². The van der Waals surface area contributed by atoms with Gasteiger partial charge in [-0.3, -0.25) is 4.79 Å². The van der Waals surface area contributed by atoms with Crippen molar-refractivity contribution in [1.82, 2.24) is 0 Å². The second kappa shape index (κ2) is 6.12. The van der Waals surface area contributed by atoms with E-state index in [-0.39, 0.29) is 0 Å². The van der Waals surface area contributed by atoms with E-state index in [1.165, 1.54) is 24.3 Å². The van der Waals surface area contributed by atoms with E-state index in [1.54, 1.807) is 13.0 Å². The molecule has 2 nitrogen and oxygen atoms in total. The Balaban J connectivity index is 2.30. The summed E-state index contributed by atoms with van der Waals surface area (Å²) < 4.78 is 13.8. The van der Waals surface area contributed by atoms with Crippen LogP contribution in [0.5, 0.6) is 0 Å². The van der Waals surface area contributed by atoms with E-state index in [9.17, 15) is 9.18 Å². The molecule has 0 saturated carbocycles. The number of benzene rings is 2. The number of carbonyl (C=O) groups is 1. The van der Waals surface area contributed by atoms with Gasteiger partial charge in [-0.2, -0.15) is 0 Å². The minimum Gasteiger partial charge on any atom is -0.322 e. The highest BCUT2D eigenvalue weighted by molar-refractivity contribution is 9.10. The van der Waals surface area contributed by atoms with Crippen LogP contribution in [0.2, 0.25) is 10.0 Å². The quantitative estimate of drug-likeness (QED) is 0.741. The predicted molar refractivity (Wildman–Crippen MR) is 83.3 cm³/mol. The van der Waals surface area contributed by atoms with Crippen molar-refractivity contribution in [1.29, 1.82) is 0 Å². The Hall–Kier alpha value is -1.10. The molecule has 0 aromatic heterocycles. The van der Waals surface area contributed by atoms with Crippen LogP contribution in [0.15, 0.2) is 34.8 Å². The average Bonchev–Trinajstić information content (AvgIpc) is 2.34. The molecule has 6 heteroatoms. The lowest BCUT2D eigenvalue weighted by Gasteiger charge is -2.10. The number of hydrogen-bond donors (Lipinski definition) is 1. The fourth-order valence-corrected chi connectivity index (χ4v) is 2.64. The van der Waals surface area contributed by atoms with Crippen LogP contribution < -0.4 is 5.32 Å². The molecule has 0 aliphatic rings. The van der Waals surface area contributed by atoms with Crippen molar-refractivity contribution in [2.75, 3.05) is 5.32 Å². The summed E-state index contributed by atoms with van der Waals surface area (Å²) in [4.78, 5) is 12.1. The second-order valence-electron chi connectivity index (χ2n) is 4.19. The standard InChI is InChI=1S/C14H9BrCl2FNO/c1-7-2-11(15)12(18)6-13(7)19-14(20)8-3-9(16)5-10(17)4-8/h2-6H,1H3,(H,19,20). The Morgan fingerprint density at radius 3 is 2.35 bits per heavy atom. The molecule has 0 spiro atoms. The lowest BCUT2D eigenvalue weighted by molar-refractivity contribution is 0.102. The summed E-state index contributed by atoms with van der Waals surface area (Å²) in [5.41, 5.74) is 1.44. The molecule has 2 rings (SSSR count). The van der Waals surface area contributed by atoms with Gasteiger partial charge in [0.1, 0.15) is 5.82 Å². The molecular weight excluding hydrogens is 368 g/mol. The third-order valence-electron chi connectivity index (χ3n) is 2.64. The zero-order valence-corrected chi connectivity index (χ0v) is 13.4. The summed E-state index contributed by atoms with van der Waals surface area (Å²) in [5, 5.41) is 3.36. The van der Waals surface area contributed by atoms with Gasteiger partial charge < -0.3 is 5.32 Å². The maximum atomic E-state index is 13.5. The number of hydrogen-bond acceptors (Lipinski definition) is 1. The SMILES string of the molecule is Cc1cc(Br)c(F)cc1NC(=O)c1cc(Cl)cc(Cl)c1. The van der Waals surface area contributed by atoms with Crippen molar-refractivity contribution in [3.05, 3.63) is 61.8 Å². The van der Waals surface area contributed by atoms with Gasteiger partial charge in [-0.1, -0.05) is 23.2 Å². The lowest BCUT2D eigenvalue weighted by Crippen LogP contribution is -2.13. The average molecular weight is 377 g/mol. The van der Waals surface area contributed by atoms with Gasteiger partial charge in [0, 0.05) is 21.3 Å². The van der Waals surface area contributed by atoms with Gasteiger partial charge in [0.05, 0.1) is 4.47 Å². The summed E-state index contributed by atoms with van der Waals surface area (Å²) in [6.45, 7) is 1.77. The molecule has 104 valence electrons. The molecule has 0 saturated heterocycles. The molecule has 0 fully saturated rings. The minimum atomic E-state index is -0.449. The second-order valence-corrected chi connectivity index (χ2v) is 5.92. The van der Waals surface area contributed by atoms with Gasteiger partial charge in [-0.05, 0) is 58.7 Å². The molecule has 20 heavy (non-hydrogen) atoms. The van der Waals surface area contributed by atoms with Gasteiger partial charge in [0.2, 0.25) is 0 Å². The number of halogens is 4. The Kier molecular flexibility index (Phi) is 4.68. The molecule has 0 aliphatic heterocycles. The van der Waals surface area contributed by atoms with Crippen molar-refractivity contribution in [3.63, 3.8) is 0 Å². The first-order chi connectivity index (χ1) is 9.36. The molecule has 1 amide bonds. The van der Waals surface area contributed by atoms with E-state index in [2.05, 4.69) is 21.2 Å². The van der Waals surface area contributed by atoms with Gasteiger partial charge >= 0.3 is 0 Å². The van der Waals surface area contributed by atoms with E-state index in [4.69, 9.17) is 23.2 Å². The zero-order chi connectivity index (χ0) is 14.9. The minimum absolute atomic E-state index is 0.310. The Morgan fingerprint density at radius 1 is 1.15 bits per heavy atom. The zero-order valence-electron chi connectivity index (χ0n) is 10.3. The number of amides is 1. The van der Waals surface area contributed by atoms with E-state index in [0.717, 1.165) is 5.56 Å². The van der Waals surface area contributed by atoms with Crippen molar-refractivity contribution in [2.24, 2.45) is 0 Å². The Bertz CT molecular complexity index is 671. The molecule has 1 N–H and O–H groups in total. The summed E-state index contributed by atoms with van der Waals surface area (Å²) in [6.07, 6.45) is 0. The molecule has 0 bridgehead atoms. The van der Waals surface area contributed by atoms with E-state index in [0.29, 0.717) is 25.8 Å². The first kappa shape index (κ1) is 15.3. The topological polar surface area (TPSA) is 29.1 Å². The van der Waals surface area contributed by atoms with Crippen LogP contribution in [0.3, 0.4) is 0 Å². The molecule has 0 radical (unpaired) electrons. The van der Waals surface area contributed by atoms with Crippen LogP contribution in [0.1, 0.15) is 15.9 Å². The predicted octanol–water partition coefficient (Wildman–Crippen LogP) is 5.46. The van der Waals surface area contributed by atoms with E-state index in [1.807, 2.05) is 0 Å². The summed E-state index contributed by atoms with van der Waals surface area (Å²) in [5.74, 6) is -0.853. The summed E-state index contributed by atoms with van der Waals surface area (Å²) >= 11 is 14.8. The highest BCUT2D eigenvalue weighted by Gasteiger charge is 2.11. The van der Waals surface area contributed by atoms with Crippen LogP contribution in [0.4, 0.5) is 10.1 Å². The highest BCUT2D eigenvalue weighted by Crippen LogP contribution is 2.25. The smallest absolute Gasteiger partial charge is 0.255 e. The van der Waals surface area contributed by atoms with Crippen molar-refractivity contribution in [2.45, 2.75) is 6.92 Å². The highest BCUT2D eigenvalue weighted by atomic mass is 79.9. The molecule has 0 unspecified atom stereocenters. The fraction of sp³-hybridized carbons (Fsp3) is 0.0714. The normalized spacial score (nSPS) is 10.4.